The molecule has 6 heteroatoms. The van der Waals surface area contributed by atoms with Crippen molar-refractivity contribution >= 4 is 34.4 Å². The van der Waals surface area contributed by atoms with Crippen LogP contribution in [0.1, 0.15) is 11.1 Å². The van der Waals surface area contributed by atoms with Crippen molar-refractivity contribution < 1.29 is 14.3 Å². The van der Waals surface area contributed by atoms with Gasteiger partial charge in [0.1, 0.15) is 11.4 Å². The summed E-state index contributed by atoms with van der Waals surface area (Å²) in [7, 11) is 5.46. The van der Waals surface area contributed by atoms with E-state index in [1.807, 2.05) is 62.3 Å². The van der Waals surface area contributed by atoms with Gasteiger partial charge in [-0.1, -0.05) is 29.8 Å². The van der Waals surface area contributed by atoms with Gasteiger partial charge in [-0.05, 0) is 61.0 Å². The second-order valence-corrected chi connectivity index (χ2v) is 7.83. The lowest BCUT2D eigenvalue weighted by Gasteiger charge is -2.18. The van der Waals surface area contributed by atoms with Crippen molar-refractivity contribution in [1.29, 1.82) is 0 Å². The molecule has 32 heavy (non-hydrogen) atoms. The predicted octanol–water partition coefficient (Wildman–Crippen LogP) is 4.47. The van der Waals surface area contributed by atoms with Crippen molar-refractivity contribution in [3.8, 4) is 5.75 Å². The van der Waals surface area contributed by atoms with Crippen LogP contribution in [0.15, 0.2) is 78.5 Å². The van der Waals surface area contributed by atoms with Gasteiger partial charge in [-0.3, -0.25) is 9.59 Å². The van der Waals surface area contributed by atoms with Gasteiger partial charge >= 0.3 is 0 Å². The predicted molar refractivity (Wildman–Crippen MR) is 128 cm³/mol. The first-order valence-corrected chi connectivity index (χ1v) is 10.3. The topological polar surface area (TPSA) is 61.9 Å². The lowest BCUT2D eigenvalue weighted by atomic mass is 10.0. The molecule has 4 rings (SSSR count). The van der Waals surface area contributed by atoms with Crippen molar-refractivity contribution in [2.45, 2.75) is 6.92 Å². The number of amides is 2. The largest absolute Gasteiger partial charge is 0.497 e. The summed E-state index contributed by atoms with van der Waals surface area (Å²) in [5.41, 5.74) is 4.58. The van der Waals surface area contributed by atoms with Crippen molar-refractivity contribution in [3.63, 3.8) is 0 Å². The molecule has 6 nitrogen and oxygen atoms in total. The van der Waals surface area contributed by atoms with E-state index in [4.69, 9.17) is 4.74 Å². The minimum absolute atomic E-state index is 0.251. The number of hydrogen-bond acceptors (Lipinski definition) is 5. The van der Waals surface area contributed by atoms with E-state index in [-0.39, 0.29) is 17.5 Å². The molecule has 0 spiro atoms. The maximum absolute atomic E-state index is 13.5. The first kappa shape index (κ1) is 21.2. The molecular weight excluding hydrogens is 402 g/mol. The van der Waals surface area contributed by atoms with E-state index in [1.54, 1.807) is 43.5 Å². The summed E-state index contributed by atoms with van der Waals surface area (Å²) in [5, 5.41) is 3.18. The SMILES string of the molecule is COc1ccc(C2=C(Nc3ccc(C)cc3)C(=O)N(c3ccc(N(C)C)cc3)C2=O)cc1. The highest BCUT2D eigenvalue weighted by Gasteiger charge is 2.40. The third kappa shape index (κ3) is 3.95. The molecule has 0 radical (unpaired) electrons. The summed E-state index contributed by atoms with van der Waals surface area (Å²) in [4.78, 5) is 30.2. The zero-order valence-electron chi connectivity index (χ0n) is 18.5. The number of aryl methyl sites for hydroxylation is 1. The molecule has 0 bridgehead atoms. The standard InChI is InChI=1S/C26H25N3O3/c1-17-5-9-19(10-6-17)27-24-23(18-7-15-22(32-4)16-8-18)25(30)29(26(24)31)21-13-11-20(12-14-21)28(2)3/h5-16,27H,1-4H3. The molecule has 0 atom stereocenters. The highest BCUT2D eigenvalue weighted by Crippen LogP contribution is 2.35. The molecule has 1 heterocycles. The van der Waals surface area contributed by atoms with Crippen LogP contribution < -0.4 is 19.9 Å². The molecule has 0 aromatic heterocycles. The molecule has 1 aliphatic rings. The van der Waals surface area contributed by atoms with E-state index in [2.05, 4.69) is 5.32 Å². The minimum Gasteiger partial charge on any atom is -0.497 e. The number of imide groups is 1. The molecule has 2 amide bonds. The Morgan fingerprint density at radius 2 is 1.44 bits per heavy atom. The normalized spacial score (nSPS) is 13.6. The summed E-state index contributed by atoms with van der Waals surface area (Å²) in [6.45, 7) is 2.00. The Kier molecular flexibility index (Phi) is 5.69. The number of nitrogens with zero attached hydrogens (tertiary/aromatic N) is 2. The summed E-state index contributed by atoms with van der Waals surface area (Å²) in [5.74, 6) is -0.0818. The van der Waals surface area contributed by atoms with E-state index in [0.717, 1.165) is 16.9 Å². The molecule has 3 aromatic carbocycles. The third-order valence-corrected chi connectivity index (χ3v) is 5.41. The highest BCUT2D eigenvalue weighted by atomic mass is 16.5. The fourth-order valence-electron chi connectivity index (χ4n) is 3.59. The Hall–Kier alpha value is -4.06. The van der Waals surface area contributed by atoms with E-state index in [9.17, 15) is 9.59 Å². The van der Waals surface area contributed by atoms with Crippen LogP contribution in [-0.4, -0.2) is 33.0 Å². The summed E-state index contributed by atoms with van der Waals surface area (Å²) < 4.78 is 5.24. The molecule has 0 fully saturated rings. The van der Waals surface area contributed by atoms with Gasteiger partial charge in [0, 0.05) is 25.5 Å². The zero-order chi connectivity index (χ0) is 22.8. The fraction of sp³-hybridized carbons (Fsp3) is 0.154. The zero-order valence-corrected chi connectivity index (χ0v) is 18.5. The van der Waals surface area contributed by atoms with Gasteiger partial charge in [-0.25, -0.2) is 4.90 Å². The van der Waals surface area contributed by atoms with Crippen molar-refractivity contribution in [2.75, 3.05) is 36.3 Å². The number of nitrogens with one attached hydrogen (secondary N) is 1. The van der Waals surface area contributed by atoms with Crippen molar-refractivity contribution in [1.82, 2.24) is 0 Å². The molecule has 0 saturated carbocycles. The van der Waals surface area contributed by atoms with Gasteiger partial charge in [0.15, 0.2) is 0 Å². The van der Waals surface area contributed by atoms with Crippen LogP contribution in [0.3, 0.4) is 0 Å². The average Bonchev–Trinajstić information content (AvgIpc) is 3.04. The van der Waals surface area contributed by atoms with E-state index in [1.165, 1.54) is 4.90 Å². The lowest BCUT2D eigenvalue weighted by Crippen LogP contribution is -2.32. The number of ether oxygens (including phenoxy) is 1. The molecule has 1 aliphatic heterocycles. The number of carbonyl (C=O) groups excluding carboxylic acids is 2. The van der Waals surface area contributed by atoms with Crippen LogP contribution in [0.5, 0.6) is 5.75 Å². The van der Waals surface area contributed by atoms with Crippen LogP contribution in [0, 0.1) is 6.92 Å². The average molecular weight is 428 g/mol. The second-order valence-electron chi connectivity index (χ2n) is 7.83. The van der Waals surface area contributed by atoms with Crippen molar-refractivity contribution in [3.05, 3.63) is 89.6 Å². The smallest absolute Gasteiger partial charge is 0.282 e. The number of benzene rings is 3. The van der Waals surface area contributed by atoms with E-state index in [0.29, 0.717) is 22.6 Å². The molecular formula is C26H25N3O3. The Morgan fingerprint density at radius 3 is 2.00 bits per heavy atom. The Balaban J connectivity index is 1.77. The van der Waals surface area contributed by atoms with Crippen LogP contribution in [0.4, 0.5) is 17.1 Å². The van der Waals surface area contributed by atoms with Gasteiger partial charge in [0.05, 0.1) is 18.4 Å². The number of methoxy groups -OCH3 is 1. The van der Waals surface area contributed by atoms with Gasteiger partial charge in [-0.15, -0.1) is 0 Å². The Morgan fingerprint density at radius 1 is 0.812 bits per heavy atom. The summed E-state index contributed by atoms with van der Waals surface area (Å²) in [6.07, 6.45) is 0. The quantitative estimate of drug-likeness (QED) is 0.589. The van der Waals surface area contributed by atoms with E-state index < -0.39 is 0 Å². The summed E-state index contributed by atoms with van der Waals surface area (Å²) in [6, 6.07) is 22.1. The van der Waals surface area contributed by atoms with Crippen LogP contribution in [0.25, 0.3) is 5.57 Å². The summed E-state index contributed by atoms with van der Waals surface area (Å²) >= 11 is 0. The van der Waals surface area contributed by atoms with E-state index >= 15 is 0 Å². The molecule has 0 unspecified atom stereocenters. The first-order chi connectivity index (χ1) is 15.4. The maximum atomic E-state index is 13.5. The van der Waals surface area contributed by atoms with Crippen LogP contribution in [0.2, 0.25) is 0 Å². The second kappa shape index (κ2) is 8.59. The Labute approximate surface area is 187 Å². The molecule has 162 valence electrons. The van der Waals surface area contributed by atoms with Gasteiger partial charge in [-0.2, -0.15) is 0 Å². The maximum Gasteiger partial charge on any atom is 0.282 e. The number of carbonyl (C=O) groups is 2. The molecule has 1 N–H and O–H groups in total. The minimum atomic E-state index is -0.390. The number of rotatable bonds is 6. The highest BCUT2D eigenvalue weighted by molar-refractivity contribution is 6.46. The Bertz CT molecular complexity index is 1180. The monoisotopic (exact) mass is 427 g/mol. The fourth-order valence-corrected chi connectivity index (χ4v) is 3.59. The van der Waals surface area contributed by atoms with Crippen LogP contribution >= 0.6 is 0 Å². The third-order valence-electron chi connectivity index (χ3n) is 5.41. The molecule has 0 saturated heterocycles. The van der Waals surface area contributed by atoms with Gasteiger partial charge in [0.2, 0.25) is 0 Å². The van der Waals surface area contributed by atoms with Crippen molar-refractivity contribution in [2.24, 2.45) is 0 Å². The molecule has 3 aromatic rings. The number of hydrogen-bond donors (Lipinski definition) is 1. The lowest BCUT2D eigenvalue weighted by molar-refractivity contribution is -0.120. The number of anilines is 3. The first-order valence-electron chi connectivity index (χ1n) is 10.3. The van der Waals surface area contributed by atoms with Gasteiger partial charge in [0.25, 0.3) is 11.8 Å². The van der Waals surface area contributed by atoms with Gasteiger partial charge < -0.3 is 15.0 Å². The van der Waals surface area contributed by atoms with Crippen LogP contribution in [-0.2, 0) is 9.59 Å². The molecule has 0 aliphatic carbocycles.